The van der Waals surface area contributed by atoms with Crippen LogP contribution in [0.15, 0.2) is 36.4 Å². The van der Waals surface area contributed by atoms with Crippen molar-refractivity contribution in [1.82, 2.24) is 0 Å². The molecule has 1 aliphatic heterocycles. The summed E-state index contributed by atoms with van der Waals surface area (Å²) >= 11 is 0. The topological polar surface area (TPSA) is 3.24 Å². The summed E-state index contributed by atoms with van der Waals surface area (Å²) in [6.07, 6.45) is 10.7. The van der Waals surface area contributed by atoms with Crippen LogP contribution in [0.1, 0.15) is 45.1 Å². The zero-order valence-corrected chi connectivity index (χ0v) is 13.2. The number of hydrogen-bond acceptors (Lipinski definition) is 1. The Labute approximate surface area is 129 Å². The van der Waals surface area contributed by atoms with Gasteiger partial charge in [0.05, 0.1) is 0 Å². The lowest BCUT2D eigenvalue weighted by Crippen LogP contribution is -2.54. The summed E-state index contributed by atoms with van der Waals surface area (Å²) < 4.78 is 0. The Morgan fingerprint density at radius 1 is 1.19 bits per heavy atom. The Morgan fingerprint density at radius 3 is 2.52 bits per heavy atom. The first-order chi connectivity index (χ1) is 10.0. The molecular formula is C20H25N. The number of fused-ring (bicyclic) bond motifs is 1. The lowest BCUT2D eigenvalue weighted by atomic mass is 9.66. The largest absolute Gasteiger partial charge is 0.367 e. The van der Waals surface area contributed by atoms with Crippen LogP contribution in [0.25, 0.3) is 0 Å². The third-order valence-corrected chi connectivity index (χ3v) is 5.38. The SMILES string of the molecule is C#Cc1ccc(N2CC(C)(C)C(=C)[C@@H]3CCCC[C@H]32)cc1. The summed E-state index contributed by atoms with van der Waals surface area (Å²) in [4.78, 5) is 2.61. The normalized spacial score (nSPS) is 27.9. The van der Waals surface area contributed by atoms with Crippen LogP contribution >= 0.6 is 0 Å². The number of terminal acetylenes is 1. The third kappa shape index (κ3) is 2.48. The van der Waals surface area contributed by atoms with Crippen LogP contribution in [0.2, 0.25) is 0 Å². The highest BCUT2D eigenvalue weighted by molar-refractivity contribution is 5.53. The maximum Gasteiger partial charge on any atom is 0.0370 e. The molecule has 21 heavy (non-hydrogen) atoms. The van der Waals surface area contributed by atoms with Crippen LogP contribution in [0.4, 0.5) is 5.69 Å². The maximum absolute atomic E-state index is 5.47. The number of rotatable bonds is 1. The van der Waals surface area contributed by atoms with Gasteiger partial charge in [-0.15, -0.1) is 6.42 Å². The molecule has 1 aromatic rings. The number of hydrogen-bond donors (Lipinski definition) is 0. The van der Waals surface area contributed by atoms with E-state index in [1.165, 1.54) is 36.9 Å². The molecule has 0 amide bonds. The van der Waals surface area contributed by atoms with E-state index in [-0.39, 0.29) is 5.41 Å². The van der Waals surface area contributed by atoms with Crippen LogP contribution in [-0.2, 0) is 0 Å². The molecule has 0 aromatic heterocycles. The molecular weight excluding hydrogens is 254 g/mol. The maximum atomic E-state index is 5.47. The molecule has 1 aromatic carbocycles. The predicted octanol–water partition coefficient (Wildman–Crippen LogP) is 4.63. The second-order valence-electron chi connectivity index (χ2n) is 7.19. The molecule has 2 aliphatic rings. The molecule has 2 fully saturated rings. The summed E-state index contributed by atoms with van der Waals surface area (Å²) in [5.41, 5.74) is 3.92. The zero-order valence-electron chi connectivity index (χ0n) is 13.2. The predicted molar refractivity (Wildman–Crippen MR) is 90.4 cm³/mol. The zero-order chi connectivity index (χ0) is 15.0. The molecule has 1 heteroatoms. The monoisotopic (exact) mass is 279 g/mol. The fourth-order valence-corrected chi connectivity index (χ4v) is 4.07. The minimum Gasteiger partial charge on any atom is -0.367 e. The van der Waals surface area contributed by atoms with Crippen LogP contribution in [0.5, 0.6) is 0 Å². The molecule has 1 nitrogen and oxygen atoms in total. The summed E-state index contributed by atoms with van der Waals surface area (Å²) in [6.45, 7) is 10.2. The number of nitrogens with zero attached hydrogens (tertiary/aromatic N) is 1. The standard InChI is InChI=1S/C20H25N/c1-5-16-10-12-17(13-11-16)21-14-20(3,4)15(2)18-8-6-7-9-19(18)21/h1,10-13,18-19H,2,6-9,14H2,3-4H3/t18-,19+/m0/s1. The van der Waals surface area contributed by atoms with E-state index in [2.05, 4.69) is 55.5 Å². The third-order valence-electron chi connectivity index (χ3n) is 5.38. The first kappa shape index (κ1) is 14.3. The summed E-state index contributed by atoms with van der Waals surface area (Å²) in [6, 6.07) is 9.11. The Balaban J connectivity index is 1.95. The van der Waals surface area contributed by atoms with Gasteiger partial charge in [-0.1, -0.05) is 44.8 Å². The molecule has 2 atom stereocenters. The lowest BCUT2D eigenvalue weighted by molar-refractivity contribution is 0.227. The fraction of sp³-hybridized carbons (Fsp3) is 0.500. The van der Waals surface area contributed by atoms with Gasteiger partial charge in [0.25, 0.3) is 0 Å². The average molecular weight is 279 g/mol. The van der Waals surface area contributed by atoms with E-state index in [1.54, 1.807) is 0 Å². The van der Waals surface area contributed by atoms with Crippen LogP contribution in [0.3, 0.4) is 0 Å². The average Bonchev–Trinajstić information content (AvgIpc) is 2.51. The van der Waals surface area contributed by atoms with Crippen molar-refractivity contribution >= 4 is 5.69 Å². The first-order valence-corrected chi connectivity index (χ1v) is 8.05. The molecule has 3 rings (SSSR count). The van der Waals surface area contributed by atoms with Crippen molar-refractivity contribution in [2.75, 3.05) is 11.4 Å². The Morgan fingerprint density at radius 2 is 1.86 bits per heavy atom. The number of anilines is 1. The van der Waals surface area contributed by atoms with Crippen molar-refractivity contribution in [3.63, 3.8) is 0 Å². The lowest BCUT2D eigenvalue weighted by Gasteiger charge is -2.53. The van der Waals surface area contributed by atoms with E-state index >= 15 is 0 Å². The van der Waals surface area contributed by atoms with Gasteiger partial charge in [-0.05, 0) is 37.1 Å². The van der Waals surface area contributed by atoms with Gasteiger partial charge < -0.3 is 4.90 Å². The van der Waals surface area contributed by atoms with Crippen LogP contribution in [-0.4, -0.2) is 12.6 Å². The van der Waals surface area contributed by atoms with Gasteiger partial charge in [-0.25, -0.2) is 0 Å². The molecule has 0 unspecified atom stereocenters. The first-order valence-electron chi connectivity index (χ1n) is 8.05. The van der Waals surface area contributed by atoms with Gasteiger partial charge in [0.1, 0.15) is 0 Å². The van der Waals surface area contributed by atoms with E-state index in [1.807, 2.05) is 0 Å². The summed E-state index contributed by atoms with van der Waals surface area (Å²) in [5.74, 6) is 3.35. The van der Waals surface area contributed by atoms with E-state index in [0.29, 0.717) is 12.0 Å². The van der Waals surface area contributed by atoms with Crippen molar-refractivity contribution in [3.8, 4) is 12.3 Å². The number of piperidine rings is 1. The van der Waals surface area contributed by atoms with Gasteiger partial charge in [0.2, 0.25) is 0 Å². The van der Waals surface area contributed by atoms with Crippen molar-refractivity contribution in [2.24, 2.45) is 11.3 Å². The molecule has 0 radical (unpaired) electrons. The van der Waals surface area contributed by atoms with Gasteiger partial charge in [0.15, 0.2) is 0 Å². The minimum atomic E-state index is 0.184. The Bertz CT molecular complexity index is 573. The van der Waals surface area contributed by atoms with Crippen molar-refractivity contribution < 1.29 is 0 Å². The number of benzene rings is 1. The van der Waals surface area contributed by atoms with E-state index in [0.717, 1.165) is 12.1 Å². The molecule has 110 valence electrons. The highest BCUT2D eigenvalue weighted by Gasteiger charge is 2.43. The van der Waals surface area contributed by atoms with E-state index < -0.39 is 0 Å². The summed E-state index contributed by atoms with van der Waals surface area (Å²) in [5, 5.41) is 0. The van der Waals surface area contributed by atoms with Crippen molar-refractivity contribution in [1.29, 1.82) is 0 Å². The molecule has 1 aliphatic carbocycles. The van der Waals surface area contributed by atoms with Gasteiger partial charge >= 0.3 is 0 Å². The molecule has 1 saturated carbocycles. The quantitative estimate of drug-likeness (QED) is 0.535. The molecule has 0 bridgehead atoms. The smallest absolute Gasteiger partial charge is 0.0370 e. The summed E-state index contributed by atoms with van der Waals surface area (Å²) in [7, 11) is 0. The van der Waals surface area contributed by atoms with Crippen LogP contribution < -0.4 is 4.90 Å². The van der Waals surface area contributed by atoms with Crippen LogP contribution in [0, 0.1) is 23.7 Å². The molecule has 1 heterocycles. The molecule has 0 spiro atoms. The van der Waals surface area contributed by atoms with E-state index in [9.17, 15) is 0 Å². The van der Waals surface area contributed by atoms with Crippen molar-refractivity contribution in [3.05, 3.63) is 42.0 Å². The molecule has 0 N–H and O–H groups in total. The van der Waals surface area contributed by atoms with Gasteiger partial charge in [-0.3, -0.25) is 0 Å². The van der Waals surface area contributed by atoms with E-state index in [4.69, 9.17) is 6.42 Å². The Hall–Kier alpha value is -1.68. The highest BCUT2D eigenvalue weighted by atomic mass is 15.2. The minimum absolute atomic E-state index is 0.184. The molecule has 1 saturated heterocycles. The highest BCUT2D eigenvalue weighted by Crippen LogP contribution is 2.47. The second-order valence-corrected chi connectivity index (χ2v) is 7.19. The Kier molecular flexibility index (Phi) is 3.57. The fourth-order valence-electron chi connectivity index (χ4n) is 4.07. The van der Waals surface area contributed by atoms with Gasteiger partial charge in [-0.2, -0.15) is 0 Å². The van der Waals surface area contributed by atoms with Crippen molar-refractivity contribution in [2.45, 2.75) is 45.6 Å². The van der Waals surface area contributed by atoms with Gasteiger partial charge in [0, 0.05) is 35.2 Å². The second kappa shape index (κ2) is 5.26.